The molecule has 2 aromatic carbocycles. The Labute approximate surface area is 179 Å². The fourth-order valence-corrected chi connectivity index (χ4v) is 3.85. The summed E-state index contributed by atoms with van der Waals surface area (Å²) in [6.07, 6.45) is 1.79. The van der Waals surface area contributed by atoms with Crippen LogP contribution in [0.2, 0.25) is 0 Å². The second kappa shape index (κ2) is 8.56. The van der Waals surface area contributed by atoms with Crippen molar-refractivity contribution in [2.75, 3.05) is 5.75 Å². The maximum Gasteiger partial charge on any atom is 0.269 e. The third-order valence-electron chi connectivity index (χ3n) is 4.68. The number of aromatic nitrogens is 2. The summed E-state index contributed by atoms with van der Waals surface area (Å²) in [4.78, 5) is 51.7. The molecule has 10 nitrogen and oxygen atoms in total. The van der Waals surface area contributed by atoms with Crippen molar-refractivity contribution >= 4 is 40.2 Å². The summed E-state index contributed by atoms with van der Waals surface area (Å²) >= 11 is 1.12. The maximum absolute atomic E-state index is 12.8. The lowest BCUT2D eigenvalue weighted by Gasteiger charge is -2.12. The highest BCUT2D eigenvalue weighted by Crippen LogP contribution is 2.36. The van der Waals surface area contributed by atoms with Crippen LogP contribution in [0.25, 0.3) is 10.9 Å². The molecule has 1 saturated carbocycles. The van der Waals surface area contributed by atoms with Gasteiger partial charge in [0.1, 0.15) is 0 Å². The van der Waals surface area contributed by atoms with Gasteiger partial charge in [0.15, 0.2) is 5.16 Å². The first-order valence-electron chi connectivity index (χ1n) is 9.42. The van der Waals surface area contributed by atoms with E-state index >= 15 is 0 Å². The van der Waals surface area contributed by atoms with Gasteiger partial charge in [-0.15, -0.1) is 0 Å². The number of thioether (sulfide) groups is 1. The van der Waals surface area contributed by atoms with Gasteiger partial charge in [0.25, 0.3) is 17.2 Å². The molecule has 1 aliphatic rings. The van der Waals surface area contributed by atoms with Gasteiger partial charge < -0.3 is 0 Å². The third kappa shape index (κ3) is 4.56. The van der Waals surface area contributed by atoms with Gasteiger partial charge in [-0.1, -0.05) is 23.9 Å². The number of carbonyl (C=O) groups is 2. The normalized spacial score (nSPS) is 13.0. The molecule has 4 rings (SSSR count). The lowest BCUT2D eigenvalue weighted by Crippen LogP contribution is -2.42. The fraction of sp³-hybridized carbons (Fsp3) is 0.200. The largest absolute Gasteiger partial charge is 0.284 e. The molecule has 1 fully saturated rings. The molecule has 2 amide bonds. The number of nitro groups is 1. The molecule has 0 radical (unpaired) electrons. The van der Waals surface area contributed by atoms with Crippen LogP contribution in [-0.4, -0.2) is 32.0 Å². The average molecular weight is 439 g/mol. The number of nitrogens with one attached hydrogen (secondary N) is 2. The van der Waals surface area contributed by atoms with Crippen molar-refractivity contribution in [1.82, 2.24) is 20.4 Å². The summed E-state index contributed by atoms with van der Waals surface area (Å²) in [5.41, 5.74) is 5.03. The summed E-state index contributed by atoms with van der Waals surface area (Å²) in [7, 11) is 0. The summed E-state index contributed by atoms with van der Waals surface area (Å²) in [6, 6.07) is 12.2. The van der Waals surface area contributed by atoms with Crippen LogP contribution in [0.3, 0.4) is 0 Å². The number of para-hydroxylation sites is 1. The topological polar surface area (TPSA) is 136 Å². The van der Waals surface area contributed by atoms with Crippen LogP contribution in [0, 0.1) is 10.1 Å². The van der Waals surface area contributed by atoms with Crippen LogP contribution in [-0.2, 0) is 4.79 Å². The Hall–Kier alpha value is -3.73. The number of carbonyl (C=O) groups excluding carboxylic acids is 2. The first kappa shape index (κ1) is 20.5. The van der Waals surface area contributed by atoms with E-state index in [4.69, 9.17) is 0 Å². The van der Waals surface area contributed by atoms with E-state index in [0.717, 1.165) is 24.6 Å². The smallest absolute Gasteiger partial charge is 0.269 e. The fourth-order valence-electron chi connectivity index (χ4n) is 2.98. The molecule has 0 saturated heterocycles. The lowest BCUT2D eigenvalue weighted by molar-refractivity contribution is -0.384. The molecule has 1 heterocycles. The molecular weight excluding hydrogens is 422 g/mol. The Bertz CT molecular complexity index is 1240. The van der Waals surface area contributed by atoms with E-state index in [1.165, 1.54) is 24.3 Å². The summed E-state index contributed by atoms with van der Waals surface area (Å²) in [6.45, 7) is 0. The zero-order valence-electron chi connectivity index (χ0n) is 16.1. The number of amides is 2. The van der Waals surface area contributed by atoms with Gasteiger partial charge in [0.05, 0.1) is 21.6 Å². The van der Waals surface area contributed by atoms with E-state index in [9.17, 15) is 24.5 Å². The minimum atomic E-state index is -0.605. The molecule has 0 spiro atoms. The predicted molar refractivity (Wildman–Crippen MR) is 114 cm³/mol. The van der Waals surface area contributed by atoms with E-state index in [-0.39, 0.29) is 28.6 Å². The molecule has 0 atom stereocenters. The molecule has 1 aliphatic carbocycles. The zero-order valence-corrected chi connectivity index (χ0v) is 16.9. The molecule has 158 valence electrons. The van der Waals surface area contributed by atoms with Crippen LogP contribution in [0.1, 0.15) is 29.2 Å². The monoisotopic (exact) mass is 439 g/mol. The number of benzene rings is 2. The van der Waals surface area contributed by atoms with Gasteiger partial charge in [-0.05, 0) is 37.1 Å². The van der Waals surface area contributed by atoms with Crippen LogP contribution in [0.4, 0.5) is 5.69 Å². The molecule has 0 bridgehead atoms. The number of non-ortho nitro benzene ring substituents is 1. The second-order valence-electron chi connectivity index (χ2n) is 6.91. The molecule has 0 unspecified atom stereocenters. The van der Waals surface area contributed by atoms with Gasteiger partial charge in [-0.25, -0.2) is 4.98 Å². The highest BCUT2D eigenvalue weighted by molar-refractivity contribution is 7.99. The second-order valence-corrected chi connectivity index (χ2v) is 7.86. The van der Waals surface area contributed by atoms with E-state index in [0.29, 0.717) is 16.1 Å². The SMILES string of the molecule is O=C(CSc1nc2ccccc2c(=O)n1C1CC1)NNC(=O)c1ccc([N+](=O)[O-])cc1. The van der Waals surface area contributed by atoms with Gasteiger partial charge in [-0.2, -0.15) is 0 Å². The van der Waals surface area contributed by atoms with E-state index < -0.39 is 16.7 Å². The van der Waals surface area contributed by atoms with Crippen molar-refractivity contribution in [3.05, 3.63) is 74.6 Å². The molecule has 3 aromatic rings. The van der Waals surface area contributed by atoms with Crippen molar-refractivity contribution < 1.29 is 14.5 Å². The molecule has 11 heteroatoms. The van der Waals surface area contributed by atoms with Crippen molar-refractivity contribution in [3.8, 4) is 0 Å². The summed E-state index contributed by atoms with van der Waals surface area (Å²) in [5.74, 6) is -1.14. The minimum absolute atomic E-state index is 0.0575. The summed E-state index contributed by atoms with van der Waals surface area (Å²) in [5, 5.41) is 11.7. The Morgan fingerprint density at radius 3 is 2.52 bits per heavy atom. The zero-order chi connectivity index (χ0) is 22.0. The van der Waals surface area contributed by atoms with Crippen LogP contribution in [0.5, 0.6) is 0 Å². The number of fused-ring (bicyclic) bond motifs is 1. The number of rotatable bonds is 6. The van der Waals surface area contributed by atoms with Gasteiger partial charge in [-0.3, -0.25) is 39.9 Å². The molecule has 1 aromatic heterocycles. The summed E-state index contributed by atoms with van der Waals surface area (Å²) < 4.78 is 1.63. The standard InChI is InChI=1S/C20H17N5O5S/c26-17(22-23-18(27)12-5-7-14(8-6-12)25(29)30)11-31-20-21-16-4-2-1-3-15(16)19(28)24(20)13-9-10-13/h1-8,13H,9-11H2,(H,22,26)(H,23,27). The van der Waals surface area contributed by atoms with Crippen LogP contribution >= 0.6 is 11.8 Å². The number of hydrazine groups is 1. The number of nitro benzene ring substituents is 1. The number of hydrogen-bond acceptors (Lipinski definition) is 7. The van der Waals surface area contributed by atoms with Crippen molar-refractivity contribution in [1.29, 1.82) is 0 Å². The minimum Gasteiger partial charge on any atom is -0.284 e. The molecule has 0 aliphatic heterocycles. The predicted octanol–water partition coefficient (Wildman–Crippen LogP) is 2.19. The first-order chi connectivity index (χ1) is 14.9. The van der Waals surface area contributed by atoms with Gasteiger partial charge in [0, 0.05) is 23.7 Å². The molecule has 31 heavy (non-hydrogen) atoms. The van der Waals surface area contributed by atoms with Gasteiger partial charge in [0.2, 0.25) is 5.91 Å². The quantitative estimate of drug-likeness (QED) is 0.260. The van der Waals surface area contributed by atoms with E-state index in [2.05, 4.69) is 15.8 Å². The number of nitrogens with zero attached hydrogens (tertiary/aromatic N) is 3. The molecule has 2 N–H and O–H groups in total. The number of hydrogen-bond donors (Lipinski definition) is 2. The van der Waals surface area contributed by atoms with E-state index in [1.54, 1.807) is 28.8 Å². The van der Waals surface area contributed by atoms with Gasteiger partial charge >= 0.3 is 0 Å². The lowest BCUT2D eigenvalue weighted by atomic mass is 10.2. The van der Waals surface area contributed by atoms with Crippen molar-refractivity contribution in [2.24, 2.45) is 0 Å². The Balaban J connectivity index is 1.39. The Kier molecular flexibility index (Phi) is 5.67. The highest BCUT2D eigenvalue weighted by atomic mass is 32.2. The maximum atomic E-state index is 12.8. The van der Waals surface area contributed by atoms with Crippen molar-refractivity contribution in [2.45, 2.75) is 24.0 Å². The Morgan fingerprint density at radius 1 is 1.13 bits per heavy atom. The first-order valence-corrected chi connectivity index (χ1v) is 10.4. The van der Waals surface area contributed by atoms with Crippen LogP contribution in [0.15, 0.2) is 58.5 Å². The Morgan fingerprint density at radius 2 is 1.84 bits per heavy atom. The third-order valence-corrected chi connectivity index (χ3v) is 5.63. The van der Waals surface area contributed by atoms with E-state index in [1.807, 2.05) is 0 Å². The average Bonchev–Trinajstić information content (AvgIpc) is 3.61. The van der Waals surface area contributed by atoms with Crippen molar-refractivity contribution in [3.63, 3.8) is 0 Å². The molecular formula is C20H17N5O5S. The van der Waals surface area contributed by atoms with Crippen LogP contribution < -0.4 is 16.4 Å². The highest BCUT2D eigenvalue weighted by Gasteiger charge is 2.28.